The van der Waals surface area contributed by atoms with E-state index in [-0.39, 0.29) is 0 Å². The lowest BCUT2D eigenvalue weighted by atomic mass is 9.97. The van der Waals surface area contributed by atoms with Crippen molar-refractivity contribution < 1.29 is 0 Å². The molecule has 0 spiro atoms. The summed E-state index contributed by atoms with van der Waals surface area (Å²) in [6, 6.07) is 44.2. The lowest BCUT2D eigenvalue weighted by Gasteiger charge is -2.07. The van der Waals surface area contributed by atoms with Gasteiger partial charge in [-0.1, -0.05) is 97.1 Å². The second-order valence-electron chi connectivity index (χ2n) is 9.45. The van der Waals surface area contributed by atoms with Crippen LogP contribution in [0.15, 0.2) is 121 Å². The van der Waals surface area contributed by atoms with Crippen molar-refractivity contribution in [3.8, 4) is 22.3 Å². The number of thiophene rings is 1. The highest BCUT2D eigenvalue weighted by Crippen LogP contribution is 2.39. The molecule has 0 bridgehead atoms. The Kier molecular flexibility index (Phi) is 4.16. The van der Waals surface area contributed by atoms with Crippen LogP contribution in [0, 0.1) is 0 Å². The molecule has 0 fully saturated rings. The predicted octanol–water partition coefficient (Wildman–Crippen LogP) is 10.2. The van der Waals surface area contributed by atoms with Gasteiger partial charge in [0.2, 0.25) is 0 Å². The lowest BCUT2D eigenvalue weighted by molar-refractivity contribution is 1.54. The second-order valence-corrected chi connectivity index (χ2v) is 10.5. The third kappa shape index (κ3) is 2.89. The molecule has 8 aromatic rings. The molecule has 0 aliphatic heterocycles. The molecule has 8 rings (SSSR count). The molecule has 0 radical (unpaired) electrons. The molecule has 2 heterocycles. The first-order chi connectivity index (χ1) is 17.8. The van der Waals surface area contributed by atoms with Gasteiger partial charge < -0.3 is 4.98 Å². The average Bonchev–Trinajstić information content (AvgIpc) is 3.51. The topological polar surface area (TPSA) is 15.8 Å². The number of H-pyrrole nitrogens is 1. The first kappa shape index (κ1) is 19.9. The summed E-state index contributed by atoms with van der Waals surface area (Å²) in [6.07, 6.45) is 0. The minimum absolute atomic E-state index is 1.18. The van der Waals surface area contributed by atoms with E-state index in [1.165, 1.54) is 75.0 Å². The summed E-state index contributed by atoms with van der Waals surface area (Å²) >= 11 is 1.87. The first-order valence-electron chi connectivity index (χ1n) is 12.3. The Balaban J connectivity index is 1.26. The maximum absolute atomic E-state index is 3.72. The zero-order valence-corrected chi connectivity index (χ0v) is 20.3. The summed E-state index contributed by atoms with van der Waals surface area (Å²) in [5, 5.41) is 7.83. The van der Waals surface area contributed by atoms with Crippen molar-refractivity contribution in [3.05, 3.63) is 121 Å². The highest BCUT2D eigenvalue weighted by Gasteiger charge is 2.12. The van der Waals surface area contributed by atoms with Crippen molar-refractivity contribution in [2.45, 2.75) is 0 Å². The normalized spacial score (nSPS) is 11.9. The molecule has 0 atom stereocenters. The van der Waals surface area contributed by atoms with Gasteiger partial charge >= 0.3 is 0 Å². The number of rotatable bonds is 2. The van der Waals surface area contributed by atoms with Crippen LogP contribution in [0.25, 0.3) is 75.0 Å². The van der Waals surface area contributed by atoms with Crippen molar-refractivity contribution in [1.82, 2.24) is 4.98 Å². The van der Waals surface area contributed by atoms with E-state index in [1.807, 2.05) is 11.3 Å². The van der Waals surface area contributed by atoms with E-state index < -0.39 is 0 Å². The van der Waals surface area contributed by atoms with Crippen LogP contribution >= 0.6 is 11.3 Å². The zero-order chi connectivity index (χ0) is 23.6. The minimum atomic E-state index is 1.18. The summed E-state index contributed by atoms with van der Waals surface area (Å²) in [5.74, 6) is 0. The number of hydrogen-bond donors (Lipinski definition) is 1. The SMILES string of the molecule is c1ccc2c(c1)ccc1[nH]c3c(-c4ccc(-c5ccc6sc7ccccc7c6c5)cc4)cccc3c12. The summed E-state index contributed by atoms with van der Waals surface area (Å²) < 4.78 is 2.69. The predicted molar refractivity (Wildman–Crippen MR) is 157 cm³/mol. The van der Waals surface area contributed by atoms with E-state index in [0.717, 1.165) is 0 Å². The van der Waals surface area contributed by atoms with Crippen LogP contribution in [0.3, 0.4) is 0 Å². The van der Waals surface area contributed by atoms with Gasteiger partial charge in [-0.2, -0.15) is 0 Å². The average molecular weight is 476 g/mol. The Hall–Kier alpha value is -4.40. The van der Waals surface area contributed by atoms with Crippen molar-refractivity contribution in [3.63, 3.8) is 0 Å². The molecule has 6 aromatic carbocycles. The number of hydrogen-bond acceptors (Lipinski definition) is 1. The van der Waals surface area contributed by atoms with Crippen LogP contribution < -0.4 is 0 Å². The summed E-state index contributed by atoms with van der Waals surface area (Å²) in [7, 11) is 0. The van der Waals surface area contributed by atoms with E-state index in [1.54, 1.807) is 0 Å². The highest BCUT2D eigenvalue weighted by atomic mass is 32.1. The second kappa shape index (κ2) is 7.55. The maximum Gasteiger partial charge on any atom is 0.0544 e. The molecular formula is C34H21NS. The molecule has 168 valence electrons. The number of benzene rings is 6. The Morgan fingerprint density at radius 3 is 2.11 bits per heavy atom. The van der Waals surface area contributed by atoms with Gasteiger partial charge in [0.15, 0.2) is 0 Å². The van der Waals surface area contributed by atoms with Gasteiger partial charge in [0, 0.05) is 42.0 Å². The van der Waals surface area contributed by atoms with Gasteiger partial charge in [-0.05, 0) is 51.7 Å². The van der Waals surface area contributed by atoms with Crippen molar-refractivity contribution in [2.24, 2.45) is 0 Å². The van der Waals surface area contributed by atoms with Crippen LogP contribution in [-0.4, -0.2) is 4.98 Å². The number of fused-ring (bicyclic) bond motifs is 8. The molecule has 1 nitrogen and oxygen atoms in total. The lowest BCUT2D eigenvalue weighted by Crippen LogP contribution is -1.82. The molecule has 0 unspecified atom stereocenters. The Morgan fingerprint density at radius 1 is 0.472 bits per heavy atom. The number of aromatic amines is 1. The Bertz CT molecular complexity index is 2090. The monoisotopic (exact) mass is 475 g/mol. The standard InChI is InChI=1S/C34H21NS/c1-2-7-25-22(6-1)16-18-30-33(25)28-10-5-9-26(34(28)35-30)23-14-12-21(13-15-23)24-17-19-32-29(20-24)27-8-3-4-11-31(27)36-32/h1-20,35H. The molecule has 0 aliphatic rings. The van der Waals surface area contributed by atoms with E-state index in [2.05, 4.69) is 126 Å². The molecule has 0 saturated carbocycles. The van der Waals surface area contributed by atoms with E-state index in [4.69, 9.17) is 0 Å². The minimum Gasteiger partial charge on any atom is -0.354 e. The molecule has 36 heavy (non-hydrogen) atoms. The Labute approximate surface area is 212 Å². The molecule has 2 aromatic heterocycles. The molecule has 2 heteroatoms. The van der Waals surface area contributed by atoms with Crippen LogP contribution in [0.5, 0.6) is 0 Å². The zero-order valence-electron chi connectivity index (χ0n) is 19.5. The first-order valence-corrected chi connectivity index (χ1v) is 13.1. The summed E-state index contributed by atoms with van der Waals surface area (Å²) in [5.41, 5.74) is 7.34. The number of para-hydroxylation sites is 1. The van der Waals surface area contributed by atoms with Gasteiger partial charge in [0.1, 0.15) is 0 Å². The van der Waals surface area contributed by atoms with Crippen molar-refractivity contribution in [1.29, 1.82) is 0 Å². The fourth-order valence-electron chi connectivity index (χ4n) is 5.68. The van der Waals surface area contributed by atoms with Crippen LogP contribution in [0.2, 0.25) is 0 Å². The van der Waals surface area contributed by atoms with Crippen molar-refractivity contribution >= 4 is 64.1 Å². The molecule has 1 N–H and O–H groups in total. The maximum atomic E-state index is 3.72. The summed E-state index contributed by atoms with van der Waals surface area (Å²) in [4.78, 5) is 3.72. The molecular weight excluding hydrogens is 454 g/mol. The van der Waals surface area contributed by atoms with Gasteiger partial charge in [-0.25, -0.2) is 0 Å². The highest BCUT2D eigenvalue weighted by molar-refractivity contribution is 7.25. The molecule has 0 saturated heterocycles. The number of nitrogens with one attached hydrogen (secondary N) is 1. The Morgan fingerprint density at radius 2 is 1.19 bits per heavy atom. The molecule has 0 amide bonds. The van der Waals surface area contributed by atoms with Gasteiger partial charge in [0.25, 0.3) is 0 Å². The van der Waals surface area contributed by atoms with Crippen LogP contribution in [0.4, 0.5) is 0 Å². The third-order valence-electron chi connectivity index (χ3n) is 7.43. The molecule has 0 aliphatic carbocycles. The fraction of sp³-hybridized carbons (Fsp3) is 0. The van der Waals surface area contributed by atoms with Crippen LogP contribution in [-0.2, 0) is 0 Å². The van der Waals surface area contributed by atoms with E-state index in [0.29, 0.717) is 0 Å². The summed E-state index contributed by atoms with van der Waals surface area (Å²) in [6.45, 7) is 0. The van der Waals surface area contributed by atoms with E-state index in [9.17, 15) is 0 Å². The van der Waals surface area contributed by atoms with E-state index >= 15 is 0 Å². The van der Waals surface area contributed by atoms with Crippen molar-refractivity contribution in [2.75, 3.05) is 0 Å². The fourth-order valence-corrected chi connectivity index (χ4v) is 6.77. The number of aromatic nitrogens is 1. The third-order valence-corrected chi connectivity index (χ3v) is 8.58. The van der Waals surface area contributed by atoms with Crippen LogP contribution in [0.1, 0.15) is 0 Å². The largest absolute Gasteiger partial charge is 0.354 e. The smallest absolute Gasteiger partial charge is 0.0544 e. The van der Waals surface area contributed by atoms with Gasteiger partial charge in [-0.3, -0.25) is 0 Å². The van der Waals surface area contributed by atoms with Gasteiger partial charge in [0.05, 0.1) is 5.52 Å². The quantitative estimate of drug-likeness (QED) is 0.256. The van der Waals surface area contributed by atoms with Gasteiger partial charge in [-0.15, -0.1) is 11.3 Å².